The molecule has 1 aliphatic rings. The number of carbonyl (C=O) groups is 3. The highest BCUT2D eigenvalue weighted by Crippen LogP contribution is 2.15. The number of Topliss-reactive ketones (excluding diaryl/α,β-unsaturated/α-hetero) is 1. The lowest BCUT2D eigenvalue weighted by Gasteiger charge is -2.20. The monoisotopic (exact) mass is 257 g/mol. The SMILES string of the molecule is C[Si](C)(C)CCOC(=O)N1CC(=O)C[C@H]1C=O. The van der Waals surface area contributed by atoms with Gasteiger partial charge >= 0.3 is 6.09 Å². The zero-order valence-electron chi connectivity index (χ0n) is 10.6. The van der Waals surface area contributed by atoms with E-state index in [0.717, 1.165) is 6.04 Å². The Labute approximate surface area is 102 Å². The Kier molecular flexibility index (Phi) is 4.44. The highest BCUT2D eigenvalue weighted by Gasteiger charge is 2.34. The second kappa shape index (κ2) is 5.44. The van der Waals surface area contributed by atoms with E-state index in [1.807, 2.05) is 0 Å². The Morgan fingerprint density at radius 3 is 2.71 bits per heavy atom. The van der Waals surface area contributed by atoms with E-state index in [1.54, 1.807) is 0 Å². The molecule has 0 N–H and O–H groups in total. The lowest BCUT2D eigenvalue weighted by atomic mass is 10.2. The second-order valence-corrected chi connectivity index (χ2v) is 11.1. The molecule has 1 rings (SSSR count). The van der Waals surface area contributed by atoms with E-state index >= 15 is 0 Å². The summed E-state index contributed by atoms with van der Waals surface area (Å²) < 4.78 is 5.09. The molecule has 0 aromatic carbocycles. The van der Waals surface area contributed by atoms with Crippen LogP contribution in [0.15, 0.2) is 0 Å². The fraction of sp³-hybridized carbons (Fsp3) is 0.727. The molecule has 0 bridgehead atoms. The van der Waals surface area contributed by atoms with Gasteiger partial charge in [-0.1, -0.05) is 19.6 Å². The minimum Gasteiger partial charge on any atom is -0.450 e. The van der Waals surface area contributed by atoms with E-state index in [0.29, 0.717) is 12.9 Å². The van der Waals surface area contributed by atoms with E-state index < -0.39 is 20.2 Å². The number of hydrogen-bond acceptors (Lipinski definition) is 4. The third kappa shape index (κ3) is 4.30. The van der Waals surface area contributed by atoms with Crippen LogP contribution in [0, 0.1) is 0 Å². The first kappa shape index (κ1) is 13.9. The first-order valence-electron chi connectivity index (χ1n) is 5.74. The molecule has 96 valence electrons. The van der Waals surface area contributed by atoms with Crippen LogP contribution in [0.4, 0.5) is 4.79 Å². The van der Waals surface area contributed by atoms with Crippen molar-refractivity contribution in [2.45, 2.75) is 38.1 Å². The third-order valence-corrected chi connectivity index (χ3v) is 4.36. The van der Waals surface area contributed by atoms with Gasteiger partial charge in [-0.15, -0.1) is 0 Å². The van der Waals surface area contributed by atoms with Crippen LogP contribution in [0.5, 0.6) is 0 Å². The number of hydrogen-bond donors (Lipinski definition) is 0. The first-order chi connectivity index (χ1) is 7.83. The van der Waals surface area contributed by atoms with Gasteiger partial charge in [-0.05, 0) is 6.04 Å². The maximum atomic E-state index is 11.7. The van der Waals surface area contributed by atoms with Crippen LogP contribution in [-0.4, -0.2) is 50.3 Å². The minimum atomic E-state index is -1.23. The van der Waals surface area contributed by atoms with Crippen LogP contribution < -0.4 is 0 Å². The average Bonchev–Trinajstić information content (AvgIpc) is 2.57. The smallest absolute Gasteiger partial charge is 0.410 e. The molecule has 0 saturated carbocycles. The van der Waals surface area contributed by atoms with Crippen molar-refractivity contribution in [1.82, 2.24) is 4.90 Å². The van der Waals surface area contributed by atoms with Gasteiger partial charge in [0.2, 0.25) is 0 Å². The molecular weight excluding hydrogens is 238 g/mol. The van der Waals surface area contributed by atoms with Gasteiger partial charge in [-0.2, -0.15) is 0 Å². The van der Waals surface area contributed by atoms with Crippen molar-refractivity contribution in [1.29, 1.82) is 0 Å². The number of amides is 1. The lowest BCUT2D eigenvalue weighted by Crippen LogP contribution is -2.37. The highest BCUT2D eigenvalue weighted by molar-refractivity contribution is 6.76. The van der Waals surface area contributed by atoms with Gasteiger partial charge < -0.3 is 9.53 Å². The van der Waals surface area contributed by atoms with Crippen molar-refractivity contribution < 1.29 is 19.1 Å². The second-order valence-electron chi connectivity index (χ2n) is 5.50. The van der Waals surface area contributed by atoms with Crippen molar-refractivity contribution in [2.24, 2.45) is 0 Å². The molecule has 17 heavy (non-hydrogen) atoms. The van der Waals surface area contributed by atoms with Gasteiger partial charge in [0.05, 0.1) is 19.2 Å². The van der Waals surface area contributed by atoms with E-state index in [9.17, 15) is 14.4 Å². The van der Waals surface area contributed by atoms with Crippen molar-refractivity contribution in [3.63, 3.8) is 0 Å². The summed E-state index contributed by atoms with van der Waals surface area (Å²) in [5, 5.41) is 0. The number of ether oxygens (including phenoxy) is 1. The predicted octanol–water partition coefficient (Wildman–Crippen LogP) is 1.30. The largest absolute Gasteiger partial charge is 0.450 e. The fourth-order valence-electron chi connectivity index (χ4n) is 1.56. The molecule has 1 fully saturated rings. The average molecular weight is 257 g/mol. The Morgan fingerprint density at radius 1 is 1.53 bits per heavy atom. The summed E-state index contributed by atoms with van der Waals surface area (Å²) in [6, 6.07) is 0.244. The number of nitrogens with zero attached hydrogens (tertiary/aromatic N) is 1. The molecule has 5 nitrogen and oxygen atoms in total. The summed E-state index contributed by atoms with van der Waals surface area (Å²) in [6.45, 7) is 6.93. The van der Waals surface area contributed by atoms with E-state index in [-0.39, 0.29) is 18.7 Å². The Hall–Kier alpha value is -1.17. The fourth-order valence-corrected chi connectivity index (χ4v) is 2.28. The summed E-state index contributed by atoms with van der Waals surface area (Å²) >= 11 is 0. The molecular formula is C11H19NO4Si. The molecule has 0 aromatic rings. The van der Waals surface area contributed by atoms with E-state index in [2.05, 4.69) is 19.6 Å². The van der Waals surface area contributed by atoms with Crippen LogP contribution in [0.1, 0.15) is 6.42 Å². The first-order valence-corrected chi connectivity index (χ1v) is 9.44. The Balaban J connectivity index is 2.42. The van der Waals surface area contributed by atoms with Gasteiger partial charge in [0.1, 0.15) is 6.29 Å². The van der Waals surface area contributed by atoms with Crippen LogP contribution in [-0.2, 0) is 14.3 Å². The normalized spacial score (nSPS) is 20.5. The molecule has 1 saturated heterocycles. The Bertz CT molecular complexity index is 324. The summed E-state index contributed by atoms with van der Waals surface area (Å²) in [6.07, 6.45) is 0.197. The van der Waals surface area contributed by atoms with Gasteiger partial charge in [0, 0.05) is 14.5 Å². The maximum absolute atomic E-state index is 11.7. The molecule has 0 unspecified atom stereocenters. The number of aldehydes is 1. The molecule has 1 heterocycles. The van der Waals surface area contributed by atoms with Crippen molar-refractivity contribution in [3.05, 3.63) is 0 Å². The van der Waals surface area contributed by atoms with Crippen LogP contribution in [0.25, 0.3) is 0 Å². The minimum absolute atomic E-state index is 0.00478. The zero-order chi connectivity index (χ0) is 13.1. The number of likely N-dealkylation sites (tertiary alicyclic amines) is 1. The maximum Gasteiger partial charge on any atom is 0.410 e. The molecule has 1 amide bonds. The highest BCUT2D eigenvalue weighted by atomic mass is 28.3. The van der Waals surface area contributed by atoms with Crippen molar-refractivity contribution in [3.8, 4) is 0 Å². The van der Waals surface area contributed by atoms with Gasteiger partial charge in [0.15, 0.2) is 5.78 Å². The van der Waals surface area contributed by atoms with Crippen molar-refractivity contribution in [2.75, 3.05) is 13.2 Å². The topological polar surface area (TPSA) is 63.7 Å². The number of ketones is 1. The molecule has 0 aliphatic carbocycles. The summed E-state index contributed by atoms with van der Waals surface area (Å²) in [4.78, 5) is 34.7. The van der Waals surface area contributed by atoms with Gasteiger partial charge in [-0.25, -0.2) is 4.79 Å². The van der Waals surface area contributed by atoms with Crippen LogP contribution in [0.3, 0.4) is 0 Å². The Morgan fingerprint density at radius 2 is 2.18 bits per heavy atom. The number of rotatable bonds is 4. The quantitative estimate of drug-likeness (QED) is 0.562. The van der Waals surface area contributed by atoms with Gasteiger partial charge in [0.25, 0.3) is 0 Å². The third-order valence-electron chi connectivity index (χ3n) is 2.65. The van der Waals surface area contributed by atoms with Crippen LogP contribution in [0.2, 0.25) is 25.7 Å². The summed E-state index contributed by atoms with van der Waals surface area (Å²) in [5.41, 5.74) is 0. The van der Waals surface area contributed by atoms with Crippen LogP contribution >= 0.6 is 0 Å². The number of carbonyl (C=O) groups excluding carboxylic acids is 3. The van der Waals surface area contributed by atoms with Crippen molar-refractivity contribution >= 4 is 26.2 Å². The summed E-state index contributed by atoms with van der Waals surface area (Å²) in [7, 11) is -1.23. The van der Waals surface area contributed by atoms with E-state index in [4.69, 9.17) is 4.74 Å². The molecule has 6 heteroatoms. The zero-order valence-corrected chi connectivity index (χ0v) is 11.6. The molecule has 0 radical (unpaired) electrons. The predicted molar refractivity (Wildman–Crippen MR) is 65.7 cm³/mol. The molecule has 1 aliphatic heterocycles. The standard InChI is InChI=1S/C11H19NO4Si/c1-17(2,3)5-4-16-11(15)12-7-10(14)6-9(12)8-13/h8-9H,4-7H2,1-3H3/t9-/m0/s1. The van der Waals surface area contributed by atoms with E-state index in [1.165, 1.54) is 4.90 Å². The summed E-state index contributed by atoms with van der Waals surface area (Å²) in [5.74, 6) is -0.0933. The van der Waals surface area contributed by atoms with Gasteiger partial charge in [-0.3, -0.25) is 9.69 Å². The molecule has 0 spiro atoms. The molecule has 1 atom stereocenters. The lowest BCUT2D eigenvalue weighted by molar-refractivity contribution is -0.117. The molecule has 0 aromatic heterocycles.